The average Bonchev–Trinajstić information content (AvgIpc) is 2.77. The molecule has 0 aromatic heterocycles. The first kappa shape index (κ1) is 20.8. The molecule has 0 aliphatic heterocycles. The molecule has 1 aromatic rings. The molecule has 1 atom stereocenters. The molecule has 3 rings (SSSR count). The standard InChI is InChI=1S/C23H35NO4/c1-26-19-14-18(15-20(27-2)23(19)28-3)24-21(16-10-6-4-7-11-16)22(25)17-12-8-5-9-13-17/h14-17,21,24H,4-13H2,1-3H3/t21-/m1/s1. The van der Waals surface area contributed by atoms with E-state index in [1.165, 1.54) is 38.5 Å². The molecule has 0 unspecified atom stereocenters. The van der Waals surface area contributed by atoms with E-state index in [2.05, 4.69) is 5.32 Å². The number of ether oxygens (including phenoxy) is 3. The summed E-state index contributed by atoms with van der Waals surface area (Å²) in [6, 6.07) is 3.68. The summed E-state index contributed by atoms with van der Waals surface area (Å²) in [6.45, 7) is 0. The first-order valence-electron chi connectivity index (χ1n) is 10.8. The zero-order valence-corrected chi connectivity index (χ0v) is 17.6. The highest BCUT2D eigenvalue weighted by Gasteiger charge is 2.34. The van der Waals surface area contributed by atoms with Crippen LogP contribution >= 0.6 is 0 Å². The van der Waals surface area contributed by atoms with Gasteiger partial charge in [-0.05, 0) is 31.6 Å². The molecule has 0 spiro atoms. The quantitative estimate of drug-likeness (QED) is 0.660. The van der Waals surface area contributed by atoms with Gasteiger partial charge in [0.1, 0.15) is 0 Å². The van der Waals surface area contributed by atoms with Gasteiger partial charge in [0, 0.05) is 23.7 Å². The van der Waals surface area contributed by atoms with Crippen molar-refractivity contribution in [2.75, 3.05) is 26.6 Å². The third-order valence-electron chi connectivity index (χ3n) is 6.42. The van der Waals surface area contributed by atoms with Gasteiger partial charge in [-0.25, -0.2) is 0 Å². The number of ketones is 1. The van der Waals surface area contributed by atoms with Crippen molar-refractivity contribution in [2.24, 2.45) is 11.8 Å². The van der Waals surface area contributed by atoms with Crippen LogP contribution in [-0.2, 0) is 4.79 Å². The van der Waals surface area contributed by atoms with Crippen LogP contribution in [0.15, 0.2) is 12.1 Å². The van der Waals surface area contributed by atoms with Crippen molar-refractivity contribution in [2.45, 2.75) is 70.3 Å². The number of anilines is 1. The molecule has 5 nitrogen and oxygen atoms in total. The van der Waals surface area contributed by atoms with Crippen molar-refractivity contribution < 1.29 is 19.0 Å². The predicted molar refractivity (Wildman–Crippen MR) is 112 cm³/mol. The summed E-state index contributed by atoms with van der Waals surface area (Å²) < 4.78 is 16.4. The Labute approximate surface area is 169 Å². The van der Waals surface area contributed by atoms with E-state index in [4.69, 9.17) is 14.2 Å². The average molecular weight is 390 g/mol. The maximum absolute atomic E-state index is 13.5. The van der Waals surface area contributed by atoms with Crippen LogP contribution in [0.4, 0.5) is 5.69 Å². The van der Waals surface area contributed by atoms with Crippen molar-refractivity contribution >= 4 is 11.5 Å². The fourth-order valence-electron chi connectivity index (χ4n) is 4.87. The maximum atomic E-state index is 13.5. The second-order valence-electron chi connectivity index (χ2n) is 8.17. The van der Waals surface area contributed by atoms with Crippen molar-refractivity contribution in [1.29, 1.82) is 0 Å². The lowest BCUT2D eigenvalue weighted by atomic mass is 9.76. The Morgan fingerprint density at radius 3 is 1.89 bits per heavy atom. The Kier molecular flexibility index (Phi) is 7.46. The molecule has 0 bridgehead atoms. The zero-order valence-electron chi connectivity index (χ0n) is 17.6. The third kappa shape index (κ3) is 4.73. The third-order valence-corrected chi connectivity index (χ3v) is 6.42. The van der Waals surface area contributed by atoms with E-state index in [1.54, 1.807) is 21.3 Å². The van der Waals surface area contributed by atoms with Gasteiger partial charge in [-0.3, -0.25) is 4.79 Å². The zero-order chi connectivity index (χ0) is 19.9. The molecule has 28 heavy (non-hydrogen) atoms. The molecule has 0 saturated heterocycles. The number of rotatable bonds is 8. The Hall–Kier alpha value is -1.91. The van der Waals surface area contributed by atoms with Gasteiger partial charge in [-0.1, -0.05) is 38.5 Å². The van der Waals surface area contributed by atoms with Gasteiger partial charge in [0.2, 0.25) is 5.75 Å². The van der Waals surface area contributed by atoms with Crippen LogP contribution in [0.1, 0.15) is 64.2 Å². The van der Waals surface area contributed by atoms with Crippen LogP contribution in [0, 0.1) is 11.8 Å². The normalized spacial score (nSPS) is 19.7. The summed E-state index contributed by atoms with van der Waals surface area (Å²) in [6.07, 6.45) is 11.7. The van der Waals surface area contributed by atoms with Gasteiger partial charge in [0.05, 0.1) is 27.4 Å². The summed E-state index contributed by atoms with van der Waals surface area (Å²) in [4.78, 5) is 13.5. The molecule has 1 N–H and O–H groups in total. The van der Waals surface area contributed by atoms with Crippen LogP contribution in [-0.4, -0.2) is 33.2 Å². The summed E-state index contributed by atoms with van der Waals surface area (Å²) in [7, 11) is 4.84. The van der Waals surface area contributed by atoms with E-state index in [9.17, 15) is 4.79 Å². The minimum absolute atomic E-state index is 0.133. The topological polar surface area (TPSA) is 56.8 Å². The number of benzene rings is 1. The lowest BCUT2D eigenvalue weighted by molar-refractivity contribution is -0.125. The lowest BCUT2D eigenvalue weighted by Gasteiger charge is -2.34. The van der Waals surface area contributed by atoms with Gasteiger partial charge in [0.15, 0.2) is 17.3 Å². The van der Waals surface area contributed by atoms with Gasteiger partial charge in [-0.15, -0.1) is 0 Å². The fourth-order valence-corrected chi connectivity index (χ4v) is 4.87. The number of carbonyl (C=O) groups excluding carboxylic acids is 1. The predicted octanol–water partition coefficient (Wildman–Crippen LogP) is 5.22. The first-order valence-corrected chi connectivity index (χ1v) is 10.8. The highest BCUT2D eigenvalue weighted by molar-refractivity contribution is 5.89. The van der Waals surface area contributed by atoms with E-state index in [-0.39, 0.29) is 12.0 Å². The van der Waals surface area contributed by atoms with Crippen LogP contribution < -0.4 is 19.5 Å². The second-order valence-corrected chi connectivity index (χ2v) is 8.17. The van der Waals surface area contributed by atoms with E-state index < -0.39 is 0 Å². The van der Waals surface area contributed by atoms with Crippen molar-refractivity contribution in [3.63, 3.8) is 0 Å². The summed E-state index contributed by atoms with van der Waals surface area (Å²) >= 11 is 0. The number of Topliss-reactive ketones (excluding diaryl/α,β-unsaturated/α-hetero) is 1. The highest BCUT2D eigenvalue weighted by atomic mass is 16.5. The highest BCUT2D eigenvalue weighted by Crippen LogP contribution is 2.41. The van der Waals surface area contributed by atoms with Crippen LogP contribution in [0.3, 0.4) is 0 Å². The first-order chi connectivity index (χ1) is 13.7. The number of hydrogen-bond acceptors (Lipinski definition) is 5. The van der Waals surface area contributed by atoms with E-state index in [1.807, 2.05) is 12.1 Å². The van der Waals surface area contributed by atoms with Crippen molar-refractivity contribution in [3.05, 3.63) is 12.1 Å². The van der Waals surface area contributed by atoms with Gasteiger partial charge < -0.3 is 19.5 Å². The van der Waals surface area contributed by atoms with Crippen LogP contribution in [0.2, 0.25) is 0 Å². The Morgan fingerprint density at radius 2 is 1.39 bits per heavy atom. The maximum Gasteiger partial charge on any atom is 0.203 e. The van der Waals surface area contributed by atoms with E-state index in [0.717, 1.165) is 31.4 Å². The number of nitrogens with one attached hydrogen (secondary N) is 1. The van der Waals surface area contributed by atoms with E-state index in [0.29, 0.717) is 28.9 Å². The second kappa shape index (κ2) is 10.0. The van der Waals surface area contributed by atoms with E-state index >= 15 is 0 Å². The Morgan fingerprint density at radius 1 is 0.857 bits per heavy atom. The van der Waals surface area contributed by atoms with Gasteiger partial charge >= 0.3 is 0 Å². The molecule has 2 aliphatic rings. The molecule has 0 heterocycles. The smallest absolute Gasteiger partial charge is 0.203 e. The summed E-state index contributed by atoms with van der Waals surface area (Å²) in [5.41, 5.74) is 0.856. The minimum atomic E-state index is -0.133. The largest absolute Gasteiger partial charge is 0.493 e. The van der Waals surface area contributed by atoms with Gasteiger partial charge in [0.25, 0.3) is 0 Å². The monoisotopic (exact) mass is 389 g/mol. The number of methoxy groups -OCH3 is 3. The van der Waals surface area contributed by atoms with Crippen molar-refractivity contribution in [3.8, 4) is 17.2 Å². The molecule has 2 fully saturated rings. The molecule has 2 aliphatic carbocycles. The molecule has 156 valence electrons. The van der Waals surface area contributed by atoms with Crippen molar-refractivity contribution in [1.82, 2.24) is 0 Å². The summed E-state index contributed by atoms with van der Waals surface area (Å²) in [5.74, 6) is 2.80. The molecule has 0 amide bonds. The van der Waals surface area contributed by atoms with Crippen LogP contribution in [0.5, 0.6) is 17.2 Å². The minimum Gasteiger partial charge on any atom is -0.493 e. The molecular weight excluding hydrogens is 354 g/mol. The van der Waals surface area contributed by atoms with Crippen LogP contribution in [0.25, 0.3) is 0 Å². The molecule has 0 radical (unpaired) electrons. The Bertz CT molecular complexity index is 623. The molecule has 2 saturated carbocycles. The Balaban J connectivity index is 1.87. The lowest BCUT2D eigenvalue weighted by Crippen LogP contribution is -2.42. The molecular formula is C23H35NO4. The molecule has 5 heteroatoms. The number of carbonyl (C=O) groups is 1. The fraction of sp³-hybridized carbons (Fsp3) is 0.696. The summed E-state index contributed by atoms with van der Waals surface area (Å²) in [5, 5.41) is 3.58. The number of hydrogen-bond donors (Lipinski definition) is 1. The SMILES string of the molecule is COc1cc(N[C@@H](C(=O)C2CCCCC2)C2CCCCC2)cc(OC)c1OC. The molecule has 1 aromatic carbocycles. The van der Waals surface area contributed by atoms with Gasteiger partial charge in [-0.2, -0.15) is 0 Å².